The number of hydrogen-bond donors (Lipinski definition) is 4. The van der Waals surface area contributed by atoms with Gasteiger partial charge in [-0.2, -0.15) is 0 Å². The number of nitro groups is 1. The van der Waals surface area contributed by atoms with E-state index in [-0.39, 0.29) is 12.2 Å². The number of anilines is 1. The van der Waals surface area contributed by atoms with Gasteiger partial charge >= 0.3 is 7.60 Å². The first kappa shape index (κ1) is 24.7. The smallest absolute Gasteiger partial charge is 0.322 e. The molecule has 150 valence electrons. The predicted octanol–water partition coefficient (Wildman–Crippen LogP) is 2.65. The Bertz CT molecular complexity index is 867. The molecule has 10 nitrogen and oxygen atoms in total. The fourth-order valence-corrected chi connectivity index (χ4v) is 1.70. The lowest BCUT2D eigenvalue weighted by atomic mass is 10.1. The third kappa shape index (κ3) is 11.3. The van der Waals surface area contributed by atoms with Crippen LogP contribution in [0.5, 0.6) is 0 Å². The van der Waals surface area contributed by atoms with Crippen molar-refractivity contribution >= 4 is 43.9 Å². The summed E-state index contributed by atoms with van der Waals surface area (Å²) in [5.74, 6) is 0. The zero-order chi connectivity index (χ0) is 21.7. The van der Waals surface area contributed by atoms with Gasteiger partial charge in [0.05, 0.1) is 4.92 Å². The number of rotatable bonds is 4. The summed E-state index contributed by atoms with van der Waals surface area (Å²) in [6, 6.07) is 11.2. The molecule has 0 bridgehead atoms. The normalized spacial score (nSPS) is 10.1. The standard InChI is InChI=1S/C15H12N2O3.CH5O3P.CH2O2/c16-15-8-4-12(10-18)9-13(15)5-1-11-2-6-14(7-3-11)17(19)20;1-5(2,3)4;2-1-3/h1-10H,16H2;1H3,(H2,2,3,4);1H,(H,2,3)/b5-1+;;. The van der Waals surface area contributed by atoms with Crippen molar-refractivity contribution in [3.63, 3.8) is 0 Å². The topological polar surface area (TPSA) is 181 Å². The molecule has 5 N–H and O–H groups in total. The fourth-order valence-electron chi connectivity index (χ4n) is 1.70. The number of aldehydes is 1. The Morgan fingerprint density at radius 2 is 1.50 bits per heavy atom. The molecule has 0 aliphatic rings. The van der Waals surface area contributed by atoms with E-state index in [9.17, 15) is 19.5 Å². The molecule has 2 aromatic carbocycles. The molecule has 0 aliphatic heterocycles. The molecule has 0 heterocycles. The molecule has 2 aromatic rings. The number of carbonyl (C=O) groups excluding carboxylic acids is 1. The fraction of sp³-hybridized carbons (Fsp3) is 0.0588. The van der Waals surface area contributed by atoms with E-state index in [4.69, 9.17) is 25.4 Å². The molecule has 0 saturated carbocycles. The van der Waals surface area contributed by atoms with E-state index >= 15 is 0 Å². The van der Waals surface area contributed by atoms with Crippen molar-refractivity contribution in [1.29, 1.82) is 0 Å². The zero-order valence-electron chi connectivity index (χ0n) is 14.7. The Morgan fingerprint density at radius 1 is 1.04 bits per heavy atom. The van der Waals surface area contributed by atoms with Crippen molar-refractivity contribution in [2.75, 3.05) is 12.4 Å². The molecule has 11 heteroatoms. The Hall–Kier alpha value is -3.33. The Balaban J connectivity index is 0.000000777. The maximum Gasteiger partial charge on any atom is 0.322 e. The van der Waals surface area contributed by atoms with Gasteiger partial charge in [-0.1, -0.05) is 12.2 Å². The SMILES string of the molecule is CP(=O)(O)O.Nc1ccc(C=O)cc1/C=C/c1ccc([N+](=O)[O-])cc1.O=CO. The number of carbonyl (C=O) groups is 2. The van der Waals surface area contributed by atoms with Gasteiger partial charge in [-0.25, -0.2) is 0 Å². The predicted molar refractivity (Wildman–Crippen MR) is 105 cm³/mol. The summed E-state index contributed by atoms with van der Waals surface area (Å²) in [5.41, 5.74) is 8.51. The van der Waals surface area contributed by atoms with Crippen molar-refractivity contribution in [3.8, 4) is 0 Å². The summed E-state index contributed by atoms with van der Waals surface area (Å²) in [6.45, 7) is 0.604. The van der Waals surface area contributed by atoms with Crippen molar-refractivity contribution in [1.82, 2.24) is 0 Å². The quantitative estimate of drug-likeness (QED) is 0.147. The van der Waals surface area contributed by atoms with Crippen LogP contribution in [-0.2, 0) is 9.36 Å². The molecule has 0 radical (unpaired) electrons. The largest absolute Gasteiger partial charge is 0.483 e. The molecule has 2 rings (SSSR count). The van der Waals surface area contributed by atoms with Crippen LogP contribution in [0.25, 0.3) is 12.2 Å². The van der Waals surface area contributed by atoms with Gasteiger partial charge in [0.15, 0.2) is 0 Å². The van der Waals surface area contributed by atoms with Gasteiger partial charge in [0.25, 0.3) is 12.2 Å². The van der Waals surface area contributed by atoms with E-state index in [2.05, 4.69) is 0 Å². The van der Waals surface area contributed by atoms with Gasteiger partial charge in [-0.15, -0.1) is 0 Å². The van der Waals surface area contributed by atoms with E-state index < -0.39 is 12.5 Å². The second-order valence-electron chi connectivity index (χ2n) is 5.13. The van der Waals surface area contributed by atoms with Crippen LogP contribution in [0.1, 0.15) is 21.5 Å². The monoisotopic (exact) mass is 410 g/mol. The maximum atomic E-state index is 10.7. The lowest BCUT2D eigenvalue weighted by Gasteiger charge is -2.01. The van der Waals surface area contributed by atoms with Gasteiger partial charge in [-0.3, -0.25) is 24.3 Å². The van der Waals surface area contributed by atoms with E-state index in [0.717, 1.165) is 24.1 Å². The minimum Gasteiger partial charge on any atom is -0.483 e. The van der Waals surface area contributed by atoms with E-state index in [1.54, 1.807) is 42.5 Å². The second kappa shape index (κ2) is 12.1. The van der Waals surface area contributed by atoms with Gasteiger partial charge in [0, 0.05) is 30.0 Å². The summed E-state index contributed by atoms with van der Waals surface area (Å²) >= 11 is 0. The lowest BCUT2D eigenvalue weighted by molar-refractivity contribution is -0.384. The van der Waals surface area contributed by atoms with Crippen LogP contribution in [0.4, 0.5) is 11.4 Å². The first-order valence-electron chi connectivity index (χ1n) is 7.40. The van der Waals surface area contributed by atoms with E-state index in [1.807, 2.05) is 0 Å². The molecule has 28 heavy (non-hydrogen) atoms. The Labute approximate surface area is 160 Å². The van der Waals surface area contributed by atoms with Gasteiger partial charge in [0.2, 0.25) is 0 Å². The van der Waals surface area contributed by atoms with Crippen molar-refractivity contribution in [2.45, 2.75) is 0 Å². The molecule has 0 unspecified atom stereocenters. The first-order valence-corrected chi connectivity index (χ1v) is 9.46. The number of nitrogen functional groups attached to an aromatic ring is 1. The van der Waals surface area contributed by atoms with Gasteiger partial charge in [0.1, 0.15) is 6.29 Å². The number of hydrogen-bond acceptors (Lipinski definition) is 6. The van der Waals surface area contributed by atoms with E-state index in [0.29, 0.717) is 11.3 Å². The van der Waals surface area contributed by atoms with Crippen LogP contribution in [0, 0.1) is 10.1 Å². The van der Waals surface area contributed by atoms with Crippen molar-refractivity contribution < 1.29 is 34.0 Å². The molecule has 0 spiro atoms. The van der Waals surface area contributed by atoms with Crippen LogP contribution in [0.2, 0.25) is 0 Å². The number of non-ortho nitro benzene ring substituents is 1. The average molecular weight is 410 g/mol. The number of nitro benzene ring substituents is 1. The van der Waals surface area contributed by atoms with Crippen LogP contribution in [0.3, 0.4) is 0 Å². The molecule has 0 fully saturated rings. The molecule has 0 atom stereocenters. The molecule has 0 saturated heterocycles. The van der Waals surface area contributed by atoms with E-state index in [1.165, 1.54) is 12.1 Å². The van der Waals surface area contributed by atoms with Crippen molar-refractivity contribution in [2.24, 2.45) is 0 Å². The maximum absolute atomic E-state index is 10.7. The summed E-state index contributed by atoms with van der Waals surface area (Å²) < 4.78 is 9.33. The average Bonchev–Trinajstić information content (AvgIpc) is 2.60. The summed E-state index contributed by atoms with van der Waals surface area (Å²) in [4.78, 5) is 44.4. The van der Waals surface area contributed by atoms with Gasteiger partial charge in [-0.05, 0) is 41.5 Å². The Morgan fingerprint density at radius 3 is 1.93 bits per heavy atom. The summed E-state index contributed by atoms with van der Waals surface area (Å²) in [6.07, 6.45) is 4.30. The third-order valence-electron chi connectivity index (χ3n) is 2.81. The minimum atomic E-state index is -3.64. The van der Waals surface area contributed by atoms with Crippen LogP contribution < -0.4 is 5.73 Å². The minimum absolute atomic E-state index is 0.0459. The van der Waals surface area contributed by atoms with Crippen LogP contribution >= 0.6 is 7.60 Å². The highest BCUT2D eigenvalue weighted by Gasteiger charge is 2.02. The lowest BCUT2D eigenvalue weighted by Crippen LogP contribution is -1.91. The molecule has 0 aliphatic carbocycles. The number of nitrogens with two attached hydrogens (primary N) is 1. The highest BCUT2D eigenvalue weighted by molar-refractivity contribution is 7.50. The van der Waals surface area contributed by atoms with Crippen LogP contribution in [-0.4, -0.2) is 39.2 Å². The second-order valence-corrected chi connectivity index (χ2v) is 6.80. The Kier molecular flexibility index (Phi) is 10.7. The van der Waals surface area contributed by atoms with Crippen LogP contribution in [0.15, 0.2) is 42.5 Å². The highest BCUT2D eigenvalue weighted by Crippen LogP contribution is 2.26. The number of benzene rings is 2. The first-order chi connectivity index (χ1) is 13.0. The molecule has 0 aromatic heterocycles. The zero-order valence-corrected chi connectivity index (χ0v) is 15.6. The van der Waals surface area contributed by atoms with Gasteiger partial charge < -0.3 is 20.6 Å². The number of carboxylic acid groups (broad SMARTS) is 1. The molecule has 0 amide bonds. The third-order valence-corrected chi connectivity index (χ3v) is 2.81. The molecular weight excluding hydrogens is 391 g/mol. The summed E-state index contributed by atoms with van der Waals surface area (Å²) in [5, 5.41) is 17.4. The highest BCUT2D eigenvalue weighted by atomic mass is 31.2. The summed E-state index contributed by atoms with van der Waals surface area (Å²) in [7, 11) is -3.64. The number of nitrogens with zero attached hydrogens (tertiary/aromatic N) is 1. The van der Waals surface area contributed by atoms with Crippen molar-refractivity contribution in [3.05, 3.63) is 69.3 Å². The molecular formula is C17H19N2O8P.